The quantitative estimate of drug-likeness (QED) is 0.720. The smallest absolute Gasteiger partial charge is 0.410 e. The van der Waals surface area contributed by atoms with E-state index in [9.17, 15) is 4.79 Å². The number of hydrogen-bond donors (Lipinski definition) is 0. The number of amides is 1. The highest BCUT2D eigenvalue weighted by atomic mass is 79.9. The molecule has 0 aliphatic carbocycles. The predicted molar refractivity (Wildman–Crippen MR) is 79.2 cm³/mol. The molecule has 104 valence electrons. The first kappa shape index (κ1) is 14.4. The van der Waals surface area contributed by atoms with Gasteiger partial charge in [-0.15, -0.1) is 0 Å². The lowest BCUT2D eigenvalue weighted by molar-refractivity contribution is 0.0223. The molecule has 1 aliphatic heterocycles. The zero-order valence-corrected chi connectivity index (χ0v) is 13.5. The monoisotopic (exact) mass is 325 g/mol. The molecule has 1 aromatic rings. The topological polar surface area (TPSA) is 29.5 Å². The average molecular weight is 326 g/mol. The maximum absolute atomic E-state index is 12.1. The molecule has 0 aromatic heterocycles. The van der Waals surface area contributed by atoms with Crippen LogP contribution in [0.5, 0.6) is 0 Å². The molecule has 1 amide bonds. The van der Waals surface area contributed by atoms with Gasteiger partial charge in [-0.1, -0.05) is 22.0 Å². The minimum atomic E-state index is -0.438. The van der Waals surface area contributed by atoms with Crippen LogP contribution in [0.4, 0.5) is 4.79 Å². The van der Waals surface area contributed by atoms with Crippen molar-refractivity contribution in [3.63, 3.8) is 0 Å². The van der Waals surface area contributed by atoms with Crippen LogP contribution in [0.3, 0.4) is 0 Å². The molecule has 0 atom stereocenters. The first-order valence-electron chi connectivity index (χ1n) is 6.53. The Labute approximate surface area is 123 Å². The fourth-order valence-electron chi connectivity index (χ4n) is 2.29. The first-order valence-corrected chi connectivity index (χ1v) is 7.32. The number of carbonyl (C=O) groups is 1. The van der Waals surface area contributed by atoms with Crippen molar-refractivity contribution in [3.8, 4) is 0 Å². The van der Waals surface area contributed by atoms with Gasteiger partial charge in [0.15, 0.2) is 0 Å². The zero-order chi connectivity index (χ0) is 14.2. The highest BCUT2D eigenvalue weighted by Gasteiger charge is 2.26. The van der Waals surface area contributed by atoms with Crippen LogP contribution in [0.15, 0.2) is 16.6 Å². The van der Waals surface area contributed by atoms with E-state index in [1.165, 1.54) is 16.7 Å². The Morgan fingerprint density at radius 1 is 1.37 bits per heavy atom. The van der Waals surface area contributed by atoms with E-state index in [0.717, 1.165) is 17.4 Å². The van der Waals surface area contributed by atoms with Crippen LogP contribution in [0.1, 0.15) is 37.5 Å². The van der Waals surface area contributed by atoms with Crippen LogP contribution in [0, 0.1) is 6.92 Å². The van der Waals surface area contributed by atoms with Crippen molar-refractivity contribution in [2.75, 3.05) is 6.54 Å². The summed E-state index contributed by atoms with van der Waals surface area (Å²) in [5, 5.41) is 0. The van der Waals surface area contributed by atoms with Crippen molar-refractivity contribution >= 4 is 22.0 Å². The molecule has 0 fully saturated rings. The number of hydrogen-bond acceptors (Lipinski definition) is 2. The lowest BCUT2D eigenvalue weighted by Gasteiger charge is -2.32. The van der Waals surface area contributed by atoms with E-state index in [4.69, 9.17) is 4.74 Å². The second kappa shape index (κ2) is 5.16. The normalized spacial score (nSPS) is 15.1. The Hall–Kier alpha value is -1.03. The second-order valence-electron chi connectivity index (χ2n) is 5.96. The molecule has 0 saturated heterocycles. The lowest BCUT2D eigenvalue weighted by atomic mass is 9.95. The number of nitrogens with zero attached hydrogens (tertiary/aromatic N) is 1. The largest absolute Gasteiger partial charge is 0.444 e. The summed E-state index contributed by atoms with van der Waals surface area (Å²) in [6.07, 6.45) is 0.665. The van der Waals surface area contributed by atoms with Crippen LogP contribution in [0.25, 0.3) is 0 Å². The predicted octanol–water partition coefficient (Wildman–Crippen LogP) is 4.05. The van der Waals surface area contributed by atoms with Gasteiger partial charge in [-0.3, -0.25) is 0 Å². The Bertz CT molecular complexity index is 506. The standard InChI is InChI=1S/C15H20BrNO2/c1-10-12-7-8-17(14(18)19-15(2,3)4)9-11(12)5-6-13(10)16/h5-6H,7-9H2,1-4H3. The van der Waals surface area contributed by atoms with Crippen molar-refractivity contribution in [1.29, 1.82) is 0 Å². The van der Waals surface area contributed by atoms with Crippen LogP contribution in [0.2, 0.25) is 0 Å². The molecular formula is C15H20BrNO2. The van der Waals surface area contributed by atoms with E-state index in [1.807, 2.05) is 26.8 Å². The Morgan fingerprint density at radius 3 is 2.68 bits per heavy atom. The summed E-state index contributed by atoms with van der Waals surface area (Å²) in [6, 6.07) is 4.13. The first-order chi connectivity index (χ1) is 8.78. The van der Waals surface area contributed by atoms with E-state index in [2.05, 4.69) is 28.9 Å². The molecule has 1 aromatic carbocycles. The van der Waals surface area contributed by atoms with Gasteiger partial charge in [0.25, 0.3) is 0 Å². The fraction of sp³-hybridized carbons (Fsp3) is 0.533. The summed E-state index contributed by atoms with van der Waals surface area (Å²) in [5.74, 6) is 0. The molecule has 0 spiro atoms. The molecule has 1 heterocycles. The van der Waals surface area contributed by atoms with Gasteiger partial charge in [0.05, 0.1) is 0 Å². The van der Waals surface area contributed by atoms with Gasteiger partial charge in [-0.05, 0) is 56.9 Å². The summed E-state index contributed by atoms with van der Waals surface area (Å²) in [7, 11) is 0. The van der Waals surface area contributed by atoms with E-state index >= 15 is 0 Å². The number of fused-ring (bicyclic) bond motifs is 1. The molecule has 0 unspecified atom stereocenters. The van der Waals surface area contributed by atoms with Gasteiger partial charge in [0.1, 0.15) is 5.60 Å². The maximum Gasteiger partial charge on any atom is 0.410 e. The van der Waals surface area contributed by atoms with Gasteiger partial charge in [0, 0.05) is 17.6 Å². The van der Waals surface area contributed by atoms with Crippen molar-refractivity contribution < 1.29 is 9.53 Å². The number of benzene rings is 1. The molecule has 0 radical (unpaired) electrons. The fourth-order valence-corrected chi connectivity index (χ4v) is 2.67. The van der Waals surface area contributed by atoms with E-state index < -0.39 is 5.60 Å². The number of halogens is 1. The Morgan fingerprint density at radius 2 is 2.05 bits per heavy atom. The molecule has 19 heavy (non-hydrogen) atoms. The van der Waals surface area contributed by atoms with Gasteiger partial charge >= 0.3 is 6.09 Å². The molecule has 3 nitrogen and oxygen atoms in total. The van der Waals surface area contributed by atoms with E-state index in [-0.39, 0.29) is 6.09 Å². The third-order valence-corrected chi connectivity index (χ3v) is 4.13. The van der Waals surface area contributed by atoms with Crippen molar-refractivity contribution in [3.05, 3.63) is 33.3 Å². The van der Waals surface area contributed by atoms with E-state index in [0.29, 0.717) is 6.54 Å². The average Bonchev–Trinajstić information content (AvgIpc) is 2.31. The molecule has 0 N–H and O–H groups in total. The third kappa shape index (κ3) is 3.30. The highest BCUT2D eigenvalue weighted by Crippen LogP contribution is 2.28. The van der Waals surface area contributed by atoms with Gasteiger partial charge in [0.2, 0.25) is 0 Å². The highest BCUT2D eigenvalue weighted by molar-refractivity contribution is 9.10. The molecule has 2 rings (SSSR count). The summed E-state index contributed by atoms with van der Waals surface area (Å²) in [5.41, 5.74) is 3.42. The molecule has 1 aliphatic rings. The summed E-state index contributed by atoms with van der Waals surface area (Å²) >= 11 is 3.55. The lowest BCUT2D eigenvalue weighted by Crippen LogP contribution is -2.40. The Balaban J connectivity index is 2.15. The van der Waals surface area contributed by atoms with Crippen LogP contribution in [-0.4, -0.2) is 23.1 Å². The minimum absolute atomic E-state index is 0.223. The van der Waals surface area contributed by atoms with Crippen LogP contribution < -0.4 is 0 Å². The molecular weight excluding hydrogens is 306 g/mol. The van der Waals surface area contributed by atoms with Crippen molar-refractivity contribution in [1.82, 2.24) is 4.90 Å². The molecule has 4 heteroatoms. The summed E-state index contributed by atoms with van der Waals surface area (Å²) < 4.78 is 6.56. The van der Waals surface area contributed by atoms with Crippen LogP contribution in [-0.2, 0) is 17.7 Å². The second-order valence-corrected chi connectivity index (χ2v) is 6.82. The Kier molecular flexibility index (Phi) is 3.90. The maximum atomic E-state index is 12.1. The summed E-state index contributed by atoms with van der Waals surface area (Å²) in [6.45, 7) is 9.15. The number of carbonyl (C=O) groups excluding carboxylic acids is 1. The van der Waals surface area contributed by atoms with Gasteiger partial charge < -0.3 is 9.64 Å². The SMILES string of the molecule is Cc1c(Br)ccc2c1CCN(C(=O)OC(C)(C)C)C2. The van der Waals surface area contributed by atoms with Gasteiger partial charge in [-0.25, -0.2) is 4.79 Å². The molecule has 0 saturated carbocycles. The number of ether oxygens (including phenoxy) is 1. The summed E-state index contributed by atoms with van der Waals surface area (Å²) in [4.78, 5) is 13.8. The number of rotatable bonds is 0. The van der Waals surface area contributed by atoms with Gasteiger partial charge in [-0.2, -0.15) is 0 Å². The molecule has 0 bridgehead atoms. The van der Waals surface area contributed by atoms with Crippen LogP contribution >= 0.6 is 15.9 Å². The zero-order valence-electron chi connectivity index (χ0n) is 11.9. The minimum Gasteiger partial charge on any atom is -0.444 e. The van der Waals surface area contributed by atoms with Crippen molar-refractivity contribution in [2.45, 2.75) is 46.3 Å². The third-order valence-electron chi connectivity index (χ3n) is 3.27. The van der Waals surface area contributed by atoms with E-state index in [1.54, 1.807) is 4.90 Å². The van der Waals surface area contributed by atoms with Crippen molar-refractivity contribution in [2.24, 2.45) is 0 Å².